The summed E-state index contributed by atoms with van der Waals surface area (Å²) in [5.74, 6) is -1.78. The molecule has 0 saturated heterocycles. The number of rotatable bonds is 5. The van der Waals surface area contributed by atoms with Crippen molar-refractivity contribution in [3.05, 3.63) is 39.8 Å². The number of aromatic nitrogens is 2. The summed E-state index contributed by atoms with van der Waals surface area (Å²) in [5, 5.41) is 12.8. The van der Waals surface area contributed by atoms with Crippen LogP contribution in [0.4, 0.5) is 0 Å². The summed E-state index contributed by atoms with van der Waals surface area (Å²) in [4.78, 5) is 36.3. The van der Waals surface area contributed by atoms with Gasteiger partial charge in [-0.25, -0.2) is 4.68 Å². The quantitative estimate of drug-likeness (QED) is 0.772. The number of carboxylic acids is 1. The van der Waals surface area contributed by atoms with Gasteiger partial charge in [0.25, 0.3) is 11.5 Å². The Labute approximate surface area is 116 Å². The number of carboxylic acid groups (broad SMARTS) is 1. The van der Waals surface area contributed by atoms with Gasteiger partial charge >= 0.3 is 5.97 Å². The first kappa shape index (κ1) is 15.6. The minimum absolute atomic E-state index is 0.0507. The highest BCUT2D eigenvalue weighted by molar-refractivity contribution is 5.97. The summed E-state index contributed by atoms with van der Waals surface area (Å²) in [6, 6.07) is 0. The molecule has 0 aliphatic rings. The first-order valence-electron chi connectivity index (χ1n) is 5.96. The van der Waals surface area contributed by atoms with Crippen LogP contribution in [-0.4, -0.2) is 44.8 Å². The number of nitrogens with zero attached hydrogens (tertiary/aromatic N) is 3. The molecule has 0 fully saturated rings. The number of carbonyl (C=O) groups excluding carboxylic acids is 1. The minimum Gasteiger partial charge on any atom is -0.480 e. The van der Waals surface area contributed by atoms with E-state index in [1.54, 1.807) is 13.8 Å². The minimum atomic E-state index is -1.15. The van der Waals surface area contributed by atoms with E-state index in [1.165, 1.54) is 13.1 Å². The molecule has 1 amide bonds. The Morgan fingerprint density at radius 2 is 2.05 bits per heavy atom. The molecule has 0 unspecified atom stereocenters. The second kappa shape index (κ2) is 6.14. The highest BCUT2D eigenvalue weighted by atomic mass is 16.4. The number of carbonyl (C=O) groups is 2. The van der Waals surface area contributed by atoms with E-state index in [-0.39, 0.29) is 12.1 Å². The molecule has 1 aromatic rings. The van der Waals surface area contributed by atoms with Gasteiger partial charge in [0.05, 0.1) is 5.69 Å². The van der Waals surface area contributed by atoms with Crippen molar-refractivity contribution in [2.24, 2.45) is 7.05 Å². The average molecular weight is 279 g/mol. The SMILES string of the molecule is C=CCN(CC(=O)O)C(=O)c1c(C)c(C)nn(C)c1=O. The van der Waals surface area contributed by atoms with Crippen molar-refractivity contribution in [2.45, 2.75) is 13.8 Å². The normalized spacial score (nSPS) is 10.2. The summed E-state index contributed by atoms with van der Waals surface area (Å²) in [6.45, 7) is 6.34. The number of hydrogen-bond donors (Lipinski definition) is 1. The van der Waals surface area contributed by atoms with Crippen LogP contribution >= 0.6 is 0 Å². The zero-order valence-electron chi connectivity index (χ0n) is 11.7. The molecular weight excluding hydrogens is 262 g/mol. The van der Waals surface area contributed by atoms with Crippen LogP contribution in [0.25, 0.3) is 0 Å². The third-order valence-corrected chi connectivity index (χ3v) is 2.90. The van der Waals surface area contributed by atoms with Crippen LogP contribution in [0.2, 0.25) is 0 Å². The lowest BCUT2D eigenvalue weighted by Crippen LogP contribution is -2.40. The van der Waals surface area contributed by atoms with E-state index in [0.717, 1.165) is 9.58 Å². The van der Waals surface area contributed by atoms with Crippen molar-refractivity contribution in [2.75, 3.05) is 13.1 Å². The van der Waals surface area contributed by atoms with Crippen LogP contribution in [0.1, 0.15) is 21.6 Å². The highest BCUT2D eigenvalue weighted by Gasteiger charge is 2.24. The summed E-state index contributed by atoms with van der Waals surface area (Å²) in [5.41, 5.74) is 0.405. The zero-order chi connectivity index (χ0) is 15.4. The molecule has 108 valence electrons. The number of amides is 1. The van der Waals surface area contributed by atoms with Crippen molar-refractivity contribution in [3.63, 3.8) is 0 Å². The van der Waals surface area contributed by atoms with Crippen LogP contribution in [0, 0.1) is 13.8 Å². The topological polar surface area (TPSA) is 92.5 Å². The number of aryl methyl sites for hydroxylation is 2. The molecule has 1 aromatic heterocycles. The second-order valence-electron chi connectivity index (χ2n) is 4.38. The molecule has 20 heavy (non-hydrogen) atoms. The van der Waals surface area contributed by atoms with Crippen LogP contribution in [0.3, 0.4) is 0 Å². The van der Waals surface area contributed by atoms with E-state index >= 15 is 0 Å². The first-order chi connectivity index (χ1) is 9.29. The van der Waals surface area contributed by atoms with Gasteiger partial charge in [-0.15, -0.1) is 6.58 Å². The number of aliphatic carboxylic acids is 1. The van der Waals surface area contributed by atoms with Crippen LogP contribution < -0.4 is 5.56 Å². The molecule has 1 heterocycles. The van der Waals surface area contributed by atoms with Gasteiger partial charge in [-0.3, -0.25) is 14.4 Å². The van der Waals surface area contributed by atoms with E-state index in [9.17, 15) is 14.4 Å². The van der Waals surface area contributed by atoms with Crippen molar-refractivity contribution < 1.29 is 14.7 Å². The third-order valence-electron chi connectivity index (χ3n) is 2.90. The first-order valence-corrected chi connectivity index (χ1v) is 5.96. The van der Waals surface area contributed by atoms with E-state index in [0.29, 0.717) is 11.3 Å². The predicted octanol–water partition coefficient (Wildman–Crippen LogP) is 0.110. The molecule has 0 radical (unpaired) electrons. The Morgan fingerprint density at radius 3 is 2.55 bits per heavy atom. The van der Waals surface area contributed by atoms with Gasteiger partial charge in [0, 0.05) is 13.6 Å². The largest absolute Gasteiger partial charge is 0.480 e. The molecule has 0 aromatic carbocycles. The standard InChI is InChI=1S/C13H17N3O4/c1-5-6-16(7-10(17)18)13(20)11-8(2)9(3)14-15(4)12(11)19/h5H,1,6-7H2,2-4H3,(H,17,18). The maximum Gasteiger partial charge on any atom is 0.323 e. The van der Waals surface area contributed by atoms with Gasteiger partial charge in [-0.1, -0.05) is 6.08 Å². The van der Waals surface area contributed by atoms with E-state index in [4.69, 9.17) is 5.11 Å². The third kappa shape index (κ3) is 3.11. The zero-order valence-corrected chi connectivity index (χ0v) is 11.7. The van der Waals surface area contributed by atoms with Crippen molar-refractivity contribution in [1.29, 1.82) is 0 Å². The molecule has 7 nitrogen and oxygen atoms in total. The number of hydrogen-bond acceptors (Lipinski definition) is 4. The monoisotopic (exact) mass is 279 g/mol. The summed E-state index contributed by atoms with van der Waals surface area (Å²) in [7, 11) is 1.45. The lowest BCUT2D eigenvalue weighted by molar-refractivity contribution is -0.137. The maximum absolute atomic E-state index is 12.4. The summed E-state index contributed by atoms with van der Waals surface area (Å²) >= 11 is 0. The molecular formula is C13H17N3O4. The Morgan fingerprint density at radius 1 is 1.45 bits per heavy atom. The molecule has 7 heteroatoms. The maximum atomic E-state index is 12.4. The molecule has 0 bridgehead atoms. The molecule has 1 N–H and O–H groups in total. The van der Waals surface area contributed by atoms with Gasteiger partial charge in [-0.05, 0) is 19.4 Å². The van der Waals surface area contributed by atoms with Gasteiger partial charge in [-0.2, -0.15) is 5.10 Å². The lowest BCUT2D eigenvalue weighted by Gasteiger charge is -2.20. The van der Waals surface area contributed by atoms with Gasteiger partial charge in [0.15, 0.2) is 0 Å². The van der Waals surface area contributed by atoms with Crippen LogP contribution in [-0.2, 0) is 11.8 Å². The van der Waals surface area contributed by atoms with Crippen molar-refractivity contribution in [1.82, 2.24) is 14.7 Å². The molecule has 0 aliphatic carbocycles. The molecule has 0 aliphatic heterocycles. The van der Waals surface area contributed by atoms with E-state index in [2.05, 4.69) is 11.7 Å². The second-order valence-corrected chi connectivity index (χ2v) is 4.38. The van der Waals surface area contributed by atoms with E-state index < -0.39 is 24.0 Å². The van der Waals surface area contributed by atoms with Gasteiger partial charge < -0.3 is 10.0 Å². The van der Waals surface area contributed by atoms with Gasteiger partial charge in [0.2, 0.25) is 0 Å². The Balaban J connectivity index is 3.35. The fourth-order valence-electron chi connectivity index (χ4n) is 1.80. The molecule has 0 saturated carbocycles. The lowest BCUT2D eigenvalue weighted by atomic mass is 10.1. The molecule has 0 spiro atoms. The van der Waals surface area contributed by atoms with Crippen LogP contribution in [0.15, 0.2) is 17.4 Å². The van der Waals surface area contributed by atoms with Crippen molar-refractivity contribution in [3.8, 4) is 0 Å². The van der Waals surface area contributed by atoms with Crippen molar-refractivity contribution >= 4 is 11.9 Å². The Kier molecular flexibility index (Phi) is 4.79. The Hall–Kier alpha value is -2.44. The van der Waals surface area contributed by atoms with Crippen LogP contribution in [0.5, 0.6) is 0 Å². The fourth-order valence-corrected chi connectivity index (χ4v) is 1.80. The smallest absolute Gasteiger partial charge is 0.323 e. The molecule has 1 rings (SSSR count). The fraction of sp³-hybridized carbons (Fsp3) is 0.385. The Bertz CT molecular complexity index is 619. The highest BCUT2D eigenvalue weighted by Crippen LogP contribution is 2.09. The summed E-state index contributed by atoms with van der Waals surface area (Å²) < 4.78 is 1.07. The predicted molar refractivity (Wildman–Crippen MR) is 72.7 cm³/mol. The average Bonchev–Trinajstić information content (AvgIpc) is 2.35. The van der Waals surface area contributed by atoms with E-state index in [1.807, 2.05) is 0 Å². The summed E-state index contributed by atoms with van der Waals surface area (Å²) in [6.07, 6.45) is 1.41. The molecule has 0 atom stereocenters. The van der Waals surface area contributed by atoms with Gasteiger partial charge in [0.1, 0.15) is 12.1 Å².